The van der Waals surface area contributed by atoms with Gasteiger partial charge < -0.3 is 20.3 Å². The van der Waals surface area contributed by atoms with Crippen LogP contribution >= 0.6 is 0 Å². The fraction of sp³-hybridized carbons (Fsp3) is 0.647. The average molecular weight is 315 g/mol. The molecule has 1 aromatic heterocycles. The highest BCUT2D eigenvalue weighted by atomic mass is 16.5. The monoisotopic (exact) mass is 315 g/mol. The van der Waals surface area contributed by atoms with E-state index in [1.807, 2.05) is 19.2 Å². The first kappa shape index (κ1) is 14.8. The number of nitrogens with zero attached hydrogens (tertiary/aromatic N) is 3. The number of hydrogen-bond donors (Lipinski definition) is 2. The number of nitrogens with one attached hydrogen (secondary N) is 2. The molecule has 3 aliphatic heterocycles. The molecule has 0 aliphatic carbocycles. The van der Waals surface area contributed by atoms with Gasteiger partial charge in [-0.3, -0.25) is 9.98 Å². The van der Waals surface area contributed by atoms with Crippen molar-refractivity contribution in [2.45, 2.75) is 25.0 Å². The lowest BCUT2D eigenvalue weighted by atomic mass is 9.82. The minimum Gasteiger partial charge on any atom is -0.383 e. The molecule has 0 amide bonds. The molecule has 2 N–H and O–H groups in total. The Hall–Kier alpha value is -1.82. The molecule has 23 heavy (non-hydrogen) atoms. The molecule has 6 nitrogen and oxygen atoms in total. The van der Waals surface area contributed by atoms with Crippen LogP contribution in [0.15, 0.2) is 29.5 Å². The minimum absolute atomic E-state index is 0.501. The van der Waals surface area contributed by atoms with Crippen LogP contribution in [0, 0.1) is 11.8 Å². The maximum atomic E-state index is 6.05. The van der Waals surface area contributed by atoms with Crippen LogP contribution in [-0.2, 0) is 4.74 Å². The lowest BCUT2D eigenvalue weighted by Gasteiger charge is -2.23. The Morgan fingerprint density at radius 2 is 1.91 bits per heavy atom. The van der Waals surface area contributed by atoms with Gasteiger partial charge in [-0.15, -0.1) is 0 Å². The number of likely N-dealkylation sites (tertiary alicyclic amines) is 1. The third kappa shape index (κ3) is 2.87. The summed E-state index contributed by atoms with van der Waals surface area (Å²) in [7, 11) is 1.87. The molecule has 0 saturated carbocycles. The fourth-order valence-corrected chi connectivity index (χ4v) is 4.32. The molecular formula is C17H25N5O. The number of pyridine rings is 1. The first-order valence-corrected chi connectivity index (χ1v) is 8.60. The lowest BCUT2D eigenvalue weighted by molar-refractivity contribution is 0.0767. The molecule has 3 aliphatic rings. The highest BCUT2D eigenvalue weighted by molar-refractivity contribution is 5.80. The van der Waals surface area contributed by atoms with E-state index < -0.39 is 0 Å². The quantitative estimate of drug-likeness (QED) is 0.496. The topological polar surface area (TPSA) is 61.8 Å². The maximum Gasteiger partial charge on any atom is 0.193 e. The van der Waals surface area contributed by atoms with Gasteiger partial charge in [0.25, 0.3) is 0 Å². The molecule has 0 spiro atoms. The third-order valence-corrected chi connectivity index (χ3v) is 5.38. The van der Waals surface area contributed by atoms with Crippen LogP contribution in [0.4, 0.5) is 5.69 Å². The second kappa shape index (κ2) is 6.35. The zero-order valence-electron chi connectivity index (χ0n) is 13.6. The average Bonchev–Trinajstić information content (AvgIpc) is 3.29. The molecule has 124 valence electrons. The van der Waals surface area contributed by atoms with Crippen LogP contribution in [0.1, 0.15) is 12.8 Å². The van der Waals surface area contributed by atoms with E-state index in [2.05, 4.69) is 25.5 Å². The van der Waals surface area contributed by atoms with Gasteiger partial charge in [-0.05, 0) is 25.0 Å². The Kier molecular flexibility index (Phi) is 4.08. The molecule has 1 aromatic rings. The Morgan fingerprint density at radius 1 is 1.22 bits per heavy atom. The van der Waals surface area contributed by atoms with Gasteiger partial charge in [-0.2, -0.15) is 0 Å². The molecule has 6 heteroatoms. The van der Waals surface area contributed by atoms with Gasteiger partial charge in [0, 0.05) is 63.1 Å². The van der Waals surface area contributed by atoms with Crippen molar-refractivity contribution in [1.29, 1.82) is 0 Å². The smallest absolute Gasteiger partial charge is 0.193 e. The summed E-state index contributed by atoms with van der Waals surface area (Å²) in [5.74, 6) is 2.44. The van der Waals surface area contributed by atoms with E-state index in [4.69, 9.17) is 4.74 Å². The Bertz CT molecular complexity index is 545. The number of aromatic nitrogens is 1. The maximum absolute atomic E-state index is 6.05. The highest BCUT2D eigenvalue weighted by Gasteiger charge is 2.53. The first-order valence-electron chi connectivity index (χ1n) is 8.60. The molecule has 3 fully saturated rings. The van der Waals surface area contributed by atoms with Crippen molar-refractivity contribution in [2.24, 2.45) is 16.8 Å². The van der Waals surface area contributed by atoms with Crippen molar-refractivity contribution in [3.8, 4) is 0 Å². The van der Waals surface area contributed by atoms with Crippen LogP contribution in [0.25, 0.3) is 0 Å². The van der Waals surface area contributed by atoms with Gasteiger partial charge in [-0.1, -0.05) is 0 Å². The van der Waals surface area contributed by atoms with Crippen LogP contribution < -0.4 is 10.6 Å². The van der Waals surface area contributed by atoms with E-state index in [1.54, 1.807) is 12.4 Å². The molecular weight excluding hydrogens is 290 g/mol. The largest absolute Gasteiger partial charge is 0.383 e. The van der Waals surface area contributed by atoms with E-state index in [1.165, 1.54) is 12.8 Å². The number of guanidine groups is 1. The van der Waals surface area contributed by atoms with Crippen LogP contribution in [0.5, 0.6) is 0 Å². The van der Waals surface area contributed by atoms with Crippen LogP contribution in [0.2, 0.25) is 0 Å². The SMILES string of the molecule is CN=C(NCCNc1ccncc1)N1CC2C3CCC(O3)C2C1. The summed E-state index contributed by atoms with van der Waals surface area (Å²) < 4.78 is 6.05. The summed E-state index contributed by atoms with van der Waals surface area (Å²) in [6.07, 6.45) is 7.11. The Morgan fingerprint density at radius 3 is 2.57 bits per heavy atom. The van der Waals surface area contributed by atoms with E-state index in [-0.39, 0.29) is 0 Å². The minimum atomic E-state index is 0.501. The fourth-order valence-electron chi connectivity index (χ4n) is 4.32. The van der Waals surface area contributed by atoms with Crippen LogP contribution in [-0.4, -0.2) is 61.3 Å². The number of hydrogen-bond acceptors (Lipinski definition) is 4. The Balaban J connectivity index is 1.25. The van der Waals surface area contributed by atoms with Crippen molar-refractivity contribution in [1.82, 2.24) is 15.2 Å². The molecule has 4 heterocycles. The number of anilines is 1. The second-order valence-corrected chi connectivity index (χ2v) is 6.66. The third-order valence-electron chi connectivity index (χ3n) is 5.38. The van der Waals surface area contributed by atoms with Crippen molar-refractivity contribution in [2.75, 3.05) is 38.5 Å². The van der Waals surface area contributed by atoms with E-state index in [0.29, 0.717) is 24.0 Å². The van der Waals surface area contributed by atoms with Gasteiger partial charge in [0.2, 0.25) is 0 Å². The molecule has 4 atom stereocenters. The van der Waals surface area contributed by atoms with Gasteiger partial charge >= 0.3 is 0 Å². The zero-order chi connectivity index (χ0) is 15.6. The highest BCUT2D eigenvalue weighted by Crippen LogP contribution is 2.47. The molecule has 4 rings (SSSR count). The zero-order valence-corrected chi connectivity index (χ0v) is 13.6. The lowest BCUT2D eigenvalue weighted by Crippen LogP contribution is -2.42. The molecule has 2 bridgehead atoms. The standard InChI is InChI=1S/C17H25N5O/c1-18-17(21-9-8-20-12-4-6-19-7-5-12)22-10-13-14(11-22)16-3-2-15(13)23-16/h4-7,13-16H,2-3,8-11H2,1H3,(H,18,21)(H,19,20). The summed E-state index contributed by atoms with van der Waals surface area (Å²) in [5, 5.41) is 6.86. The molecule has 0 radical (unpaired) electrons. The van der Waals surface area contributed by atoms with Crippen molar-refractivity contribution in [3.05, 3.63) is 24.5 Å². The summed E-state index contributed by atoms with van der Waals surface area (Å²) in [4.78, 5) is 10.9. The number of rotatable bonds is 4. The van der Waals surface area contributed by atoms with Crippen molar-refractivity contribution >= 4 is 11.6 Å². The van der Waals surface area contributed by atoms with E-state index in [9.17, 15) is 0 Å². The molecule has 0 aromatic carbocycles. The molecule has 3 saturated heterocycles. The predicted molar refractivity (Wildman–Crippen MR) is 90.5 cm³/mol. The summed E-state index contributed by atoms with van der Waals surface area (Å²) in [6.45, 7) is 3.88. The van der Waals surface area contributed by atoms with Gasteiger partial charge in [0.15, 0.2) is 5.96 Å². The van der Waals surface area contributed by atoms with Gasteiger partial charge in [0.1, 0.15) is 0 Å². The molecule has 4 unspecified atom stereocenters. The Labute approximate surface area is 137 Å². The van der Waals surface area contributed by atoms with Gasteiger partial charge in [-0.25, -0.2) is 0 Å². The normalized spacial score (nSPS) is 32.2. The first-order chi connectivity index (χ1) is 11.3. The summed E-state index contributed by atoms with van der Waals surface area (Å²) >= 11 is 0. The summed E-state index contributed by atoms with van der Waals surface area (Å²) in [5.41, 5.74) is 1.10. The van der Waals surface area contributed by atoms with Crippen molar-refractivity contribution in [3.63, 3.8) is 0 Å². The van der Waals surface area contributed by atoms with E-state index >= 15 is 0 Å². The van der Waals surface area contributed by atoms with Crippen molar-refractivity contribution < 1.29 is 4.74 Å². The predicted octanol–water partition coefficient (Wildman–Crippen LogP) is 1.18. The van der Waals surface area contributed by atoms with Crippen LogP contribution in [0.3, 0.4) is 0 Å². The second-order valence-electron chi connectivity index (χ2n) is 6.66. The number of aliphatic imine (C=N–C) groups is 1. The van der Waals surface area contributed by atoms with Gasteiger partial charge in [0.05, 0.1) is 12.2 Å². The number of fused-ring (bicyclic) bond motifs is 5. The number of ether oxygens (including phenoxy) is 1. The summed E-state index contributed by atoms with van der Waals surface area (Å²) in [6, 6.07) is 3.96. The van der Waals surface area contributed by atoms with E-state index in [0.717, 1.165) is 37.8 Å².